The van der Waals surface area contributed by atoms with Crippen molar-refractivity contribution in [3.8, 4) is 0 Å². The molecular weight excluding hydrogens is 387 g/mol. The second kappa shape index (κ2) is 6.63. The summed E-state index contributed by atoms with van der Waals surface area (Å²) in [5.74, 6) is 0. The summed E-state index contributed by atoms with van der Waals surface area (Å²) in [7, 11) is -2.03. The Labute approximate surface area is 142 Å². The summed E-state index contributed by atoms with van der Waals surface area (Å²) in [5, 5.41) is 2.83. The van der Waals surface area contributed by atoms with Crippen LogP contribution in [-0.4, -0.2) is 18.3 Å². The van der Waals surface area contributed by atoms with E-state index in [1.807, 2.05) is 0 Å². The van der Waals surface area contributed by atoms with E-state index in [1.54, 1.807) is 0 Å². The van der Waals surface area contributed by atoms with Gasteiger partial charge in [-0.15, -0.1) is 0 Å². The van der Waals surface area contributed by atoms with Crippen molar-refractivity contribution in [2.45, 2.75) is 35.8 Å². The smallest absolute Gasteiger partial charge is 0.256 e. The van der Waals surface area contributed by atoms with Crippen molar-refractivity contribution in [2.24, 2.45) is 0 Å². The van der Waals surface area contributed by atoms with E-state index >= 15 is 0 Å². The molecule has 1 nitrogen and oxygen atoms in total. The van der Waals surface area contributed by atoms with Crippen LogP contribution in [0.4, 0.5) is 0 Å². The highest BCUT2D eigenvalue weighted by Crippen LogP contribution is 2.32. The summed E-state index contributed by atoms with van der Waals surface area (Å²) in [6.45, 7) is 2.26. The first-order chi connectivity index (χ1) is 10.3. The lowest BCUT2D eigenvalue weighted by Crippen LogP contribution is -2.59. The Bertz CT molecular complexity index is 533. The Kier molecular flexibility index (Phi) is 4.81. The maximum Gasteiger partial charge on any atom is 0.256 e. The third kappa shape index (κ3) is 2.96. The van der Waals surface area contributed by atoms with E-state index in [4.69, 9.17) is 4.43 Å². The lowest BCUT2D eigenvalue weighted by atomic mass is 10.2. The molecule has 0 amide bonds. The normalized spacial score (nSPS) is 22.1. The lowest BCUT2D eigenvalue weighted by molar-refractivity contribution is 0.228. The van der Waals surface area contributed by atoms with Gasteiger partial charge >= 0.3 is 0 Å². The number of rotatable bonds is 4. The molecule has 0 bridgehead atoms. The molecule has 0 N–H and O–H groups in total. The highest BCUT2D eigenvalue weighted by atomic mass is 127. The number of hydrogen-bond donors (Lipinski definition) is 0. The van der Waals surface area contributed by atoms with Crippen LogP contribution in [0.15, 0.2) is 60.7 Å². The first-order valence-electron chi connectivity index (χ1n) is 7.69. The predicted molar refractivity (Wildman–Crippen MR) is 100 cm³/mol. The van der Waals surface area contributed by atoms with Crippen molar-refractivity contribution >= 4 is 41.3 Å². The topological polar surface area (TPSA) is 9.23 Å². The summed E-state index contributed by atoms with van der Waals surface area (Å²) < 4.78 is 7.42. The van der Waals surface area contributed by atoms with Crippen LogP contribution in [0.5, 0.6) is 0 Å². The van der Waals surface area contributed by atoms with Gasteiger partial charge in [0.05, 0.1) is 6.10 Å². The van der Waals surface area contributed by atoms with Crippen molar-refractivity contribution in [2.75, 3.05) is 0 Å². The van der Waals surface area contributed by atoms with Gasteiger partial charge in [-0.3, -0.25) is 0 Å². The van der Waals surface area contributed by atoms with Gasteiger partial charge < -0.3 is 4.43 Å². The summed E-state index contributed by atoms with van der Waals surface area (Å²) >= 11 is 2.56. The number of benzene rings is 2. The van der Waals surface area contributed by atoms with Crippen molar-refractivity contribution in [1.82, 2.24) is 0 Å². The van der Waals surface area contributed by atoms with Crippen LogP contribution < -0.4 is 10.4 Å². The molecule has 1 heterocycles. The molecule has 110 valence electrons. The number of alkyl halides is 1. The van der Waals surface area contributed by atoms with Crippen LogP contribution in [0.2, 0.25) is 6.04 Å². The van der Waals surface area contributed by atoms with Gasteiger partial charge in [0.1, 0.15) is 0 Å². The molecule has 2 aromatic rings. The predicted octanol–water partition coefficient (Wildman–Crippen LogP) is 3.75. The molecule has 2 aromatic carbocycles. The fourth-order valence-electron chi connectivity index (χ4n) is 3.25. The van der Waals surface area contributed by atoms with Gasteiger partial charge in [0.2, 0.25) is 0 Å². The van der Waals surface area contributed by atoms with E-state index in [2.05, 4.69) is 90.2 Å². The monoisotopic (exact) mass is 408 g/mol. The zero-order valence-electron chi connectivity index (χ0n) is 12.3. The molecule has 21 heavy (non-hydrogen) atoms. The fourth-order valence-corrected chi connectivity index (χ4v) is 8.28. The van der Waals surface area contributed by atoms with Gasteiger partial charge in [0.15, 0.2) is 0 Å². The standard InChI is InChI=1S/C18H21IOSi/c1-2-17(19)18-13-14-21(20-18,15-9-5-3-6-10-15)16-11-7-4-8-12-16/h3-12,17-18H,2,13-14H2,1H3/t17-,18-/m0/s1. The van der Waals surface area contributed by atoms with Gasteiger partial charge in [0, 0.05) is 3.92 Å². The minimum absolute atomic E-state index is 0.405. The Morgan fingerprint density at radius 2 is 1.57 bits per heavy atom. The third-order valence-electron chi connectivity index (χ3n) is 4.41. The van der Waals surface area contributed by atoms with Crippen LogP contribution in [0, 0.1) is 0 Å². The molecule has 0 aliphatic carbocycles. The van der Waals surface area contributed by atoms with E-state index in [0.29, 0.717) is 10.0 Å². The van der Waals surface area contributed by atoms with Gasteiger partial charge in [-0.1, -0.05) is 90.2 Å². The van der Waals surface area contributed by atoms with Crippen LogP contribution in [0.1, 0.15) is 19.8 Å². The molecule has 1 saturated heterocycles. The first-order valence-corrected chi connectivity index (χ1v) is 11.1. The van der Waals surface area contributed by atoms with E-state index in [9.17, 15) is 0 Å². The molecule has 2 atom stereocenters. The lowest BCUT2D eigenvalue weighted by Gasteiger charge is -2.29. The minimum Gasteiger partial charge on any atom is -0.404 e. The number of halogens is 1. The van der Waals surface area contributed by atoms with E-state index < -0.39 is 8.32 Å². The Hall–Kier alpha value is -0.653. The zero-order valence-corrected chi connectivity index (χ0v) is 15.5. The van der Waals surface area contributed by atoms with E-state index in [0.717, 1.165) is 0 Å². The summed E-state index contributed by atoms with van der Waals surface area (Å²) in [6.07, 6.45) is 2.78. The van der Waals surface area contributed by atoms with Crippen LogP contribution in [0.3, 0.4) is 0 Å². The quantitative estimate of drug-likeness (QED) is 0.426. The average Bonchev–Trinajstić information content (AvgIpc) is 3.02. The fraction of sp³-hybridized carbons (Fsp3) is 0.333. The maximum atomic E-state index is 6.81. The molecule has 3 rings (SSSR count). The molecule has 0 radical (unpaired) electrons. The van der Waals surface area contributed by atoms with E-state index in [1.165, 1.54) is 29.3 Å². The molecule has 1 aliphatic heterocycles. The van der Waals surface area contributed by atoms with Crippen molar-refractivity contribution in [3.05, 3.63) is 60.7 Å². The Balaban J connectivity index is 2.02. The van der Waals surface area contributed by atoms with Gasteiger partial charge in [-0.2, -0.15) is 0 Å². The molecule has 1 aliphatic rings. The first kappa shape index (κ1) is 15.3. The average molecular weight is 408 g/mol. The highest BCUT2D eigenvalue weighted by molar-refractivity contribution is 14.1. The van der Waals surface area contributed by atoms with Gasteiger partial charge in [-0.25, -0.2) is 0 Å². The van der Waals surface area contributed by atoms with Crippen molar-refractivity contribution in [1.29, 1.82) is 0 Å². The SMILES string of the molecule is CC[C@H](I)[C@@H]1CC[Si](c2ccccc2)(c2ccccc2)O1. The van der Waals surface area contributed by atoms with Crippen LogP contribution >= 0.6 is 22.6 Å². The maximum absolute atomic E-state index is 6.81. The van der Waals surface area contributed by atoms with Crippen molar-refractivity contribution < 1.29 is 4.43 Å². The van der Waals surface area contributed by atoms with Crippen LogP contribution in [0.25, 0.3) is 0 Å². The third-order valence-corrected chi connectivity index (χ3v) is 10.3. The van der Waals surface area contributed by atoms with Gasteiger partial charge in [0.25, 0.3) is 8.32 Å². The Morgan fingerprint density at radius 1 is 1.05 bits per heavy atom. The van der Waals surface area contributed by atoms with E-state index in [-0.39, 0.29) is 0 Å². The largest absolute Gasteiger partial charge is 0.404 e. The molecule has 0 saturated carbocycles. The van der Waals surface area contributed by atoms with Crippen LogP contribution in [-0.2, 0) is 4.43 Å². The summed E-state index contributed by atoms with van der Waals surface area (Å²) in [5.41, 5.74) is 0. The van der Waals surface area contributed by atoms with Gasteiger partial charge in [-0.05, 0) is 29.3 Å². The van der Waals surface area contributed by atoms with Crippen molar-refractivity contribution in [3.63, 3.8) is 0 Å². The molecule has 0 unspecified atom stereocenters. The minimum atomic E-state index is -2.03. The molecule has 0 aromatic heterocycles. The number of hydrogen-bond acceptors (Lipinski definition) is 1. The second-order valence-electron chi connectivity index (χ2n) is 5.68. The molecular formula is C18H21IOSi. The highest BCUT2D eigenvalue weighted by Gasteiger charge is 2.47. The summed E-state index contributed by atoms with van der Waals surface area (Å²) in [4.78, 5) is 0. The molecule has 0 spiro atoms. The Morgan fingerprint density at radius 3 is 2.05 bits per heavy atom. The molecule has 1 fully saturated rings. The molecule has 3 heteroatoms. The second-order valence-corrected chi connectivity index (χ2v) is 10.8. The zero-order chi connectivity index (χ0) is 14.7. The summed E-state index contributed by atoms with van der Waals surface area (Å²) in [6, 6.07) is 23.0.